The van der Waals surface area contributed by atoms with Crippen LogP contribution >= 0.6 is 23.2 Å². The Kier molecular flexibility index (Phi) is 3.79. The molecule has 116 valence electrons. The molecule has 2 fully saturated rings. The number of hydrogen-bond donors (Lipinski definition) is 0. The van der Waals surface area contributed by atoms with Gasteiger partial charge in [0, 0.05) is 43.3 Å². The lowest BCUT2D eigenvalue weighted by Crippen LogP contribution is -2.22. The molecule has 2 aromatic rings. The molecule has 2 aliphatic rings. The fourth-order valence-corrected chi connectivity index (χ4v) is 3.89. The highest BCUT2D eigenvalue weighted by atomic mass is 35.5. The van der Waals surface area contributed by atoms with Gasteiger partial charge in [-0.15, -0.1) is 0 Å². The van der Waals surface area contributed by atoms with E-state index >= 15 is 0 Å². The molecule has 0 radical (unpaired) electrons. The van der Waals surface area contributed by atoms with Gasteiger partial charge in [-0.2, -0.15) is 0 Å². The molecule has 5 heteroatoms. The molecule has 0 aliphatic carbocycles. The highest BCUT2D eigenvalue weighted by molar-refractivity contribution is 6.45. The molecule has 0 amide bonds. The summed E-state index contributed by atoms with van der Waals surface area (Å²) in [6.07, 6.45) is 4.98. The summed E-state index contributed by atoms with van der Waals surface area (Å²) in [6, 6.07) is 6.17. The van der Waals surface area contributed by atoms with E-state index in [-0.39, 0.29) is 0 Å². The van der Waals surface area contributed by atoms with Gasteiger partial charge >= 0.3 is 0 Å². The zero-order chi connectivity index (χ0) is 15.1. The average molecular weight is 336 g/mol. The van der Waals surface area contributed by atoms with Crippen molar-refractivity contribution < 1.29 is 0 Å². The van der Waals surface area contributed by atoms with Crippen molar-refractivity contribution >= 4 is 45.6 Å². The second-order valence-electron chi connectivity index (χ2n) is 6.15. The van der Waals surface area contributed by atoms with Crippen LogP contribution < -0.4 is 9.80 Å². The van der Waals surface area contributed by atoms with E-state index in [1.54, 1.807) is 0 Å². The Labute approximate surface area is 140 Å². The SMILES string of the molecule is Clc1ccc2c(N3CCCC3)cc(N3CCCC3)nc2c1Cl. The van der Waals surface area contributed by atoms with E-state index in [2.05, 4.69) is 21.9 Å². The van der Waals surface area contributed by atoms with Crippen molar-refractivity contribution in [3.05, 3.63) is 28.2 Å². The minimum absolute atomic E-state index is 0.570. The fraction of sp³-hybridized carbons (Fsp3) is 0.471. The molecule has 0 saturated carbocycles. The average Bonchev–Trinajstić information content (AvgIpc) is 3.23. The van der Waals surface area contributed by atoms with Crippen LogP contribution in [0.5, 0.6) is 0 Å². The van der Waals surface area contributed by atoms with E-state index in [0.29, 0.717) is 10.0 Å². The van der Waals surface area contributed by atoms with Gasteiger partial charge in [-0.25, -0.2) is 4.98 Å². The number of anilines is 2. The molecule has 3 heterocycles. The Morgan fingerprint density at radius 1 is 0.864 bits per heavy atom. The molecule has 3 nitrogen and oxygen atoms in total. The highest BCUT2D eigenvalue weighted by Crippen LogP contribution is 2.38. The summed E-state index contributed by atoms with van der Waals surface area (Å²) in [6.45, 7) is 4.38. The van der Waals surface area contributed by atoms with Crippen LogP contribution in [0.1, 0.15) is 25.7 Å². The maximum absolute atomic E-state index is 6.45. The van der Waals surface area contributed by atoms with Crippen molar-refractivity contribution in [3.8, 4) is 0 Å². The first-order chi connectivity index (χ1) is 10.7. The number of pyridine rings is 1. The molecule has 0 spiro atoms. The van der Waals surface area contributed by atoms with Gasteiger partial charge < -0.3 is 9.80 Å². The molecular weight excluding hydrogens is 317 g/mol. The minimum atomic E-state index is 0.570. The maximum Gasteiger partial charge on any atom is 0.131 e. The molecule has 1 aromatic carbocycles. The van der Waals surface area contributed by atoms with E-state index < -0.39 is 0 Å². The van der Waals surface area contributed by atoms with Crippen molar-refractivity contribution in [2.24, 2.45) is 0 Å². The fourth-order valence-electron chi connectivity index (χ4n) is 3.53. The number of nitrogens with zero attached hydrogens (tertiary/aromatic N) is 3. The number of benzene rings is 1. The zero-order valence-electron chi connectivity index (χ0n) is 12.5. The van der Waals surface area contributed by atoms with Gasteiger partial charge in [0.25, 0.3) is 0 Å². The third-order valence-electron chi connectivity index (χ3n) is 4.71. The lowest BCUT2D eigenvalue weighted by Gasteiger charge is -2.24. The predicted molar refractivity (Wildman–Crippen MR) is 94.7 cm³/mol. The summed E-state index contributed by atoms with van der Waals surface area (Å²) >= 11 is 12.7. The van der Waals surface area contributed by atoms with Gasteiger partial charge in [0.05, 0.1) is 15.6 Å². The topological polar surface area (TPSA) is 19.4 Å². The second-order valence-corrected chi connectivity index (χ2v) is 6.93. The van der Waals surface area contributed by atoms with Gasteiger partial charge in [-0.1, -0.05) is 23.2 Å². The predicted octanol–water partition coefficient (Wildman–Crippen LogP) is 4.74. The van der Waals surface area contributed by atoms with E-state index in [0.717, 1.165) is 42.9 Å². The zero-order valence-corrected chi connectivity index (χ0v) is 14.0. The Bertz CT molecular complexity index is 705. The molecule has 0 unspecified atom stereocenters. The smallest absolute Gasteiger partial charge is 0.131 e. The molecule has 22 heavy (non-hydrogen) atoms. The van der Waals surface area contributed by atoms with Crippen molar-refractivity contribution in [1.82, 2.24) is 4.98 Å². The van der Waals surface area contributed by atoms with Crippen molar-refractivity contribution in [2.75, 3.05) is 36.0 Å². The maximum atomic E-state index is 6.45. The summed E-state index contributed by atoms with van der Waals surface area (Å²) in [5, 5.41) is 2.26. The Morgan fingerprint density at radius 3 is 2.18 bits per heavy atom. The van der Waals surface area contributed by atoms with Crippen LogP contribution in [0.15, 0.2) is 18.2 Å². The molecule has 0 atom stereocenters. The van der Waals surface area contributed by atoms with Crippen LogP contribution in [-0.4, -0.2) is 31.2 Å². The summed E-state index contributed by atoms with van der Waals surface area (Å²) in [5.41, 5.74) is 2.09. The van der Waals surface area contributed by atoms with Crippen molar-refractivity contribution in [2.45, 2.75) is 25.7 Å². The van der Waals surface area contributed by atoms with Crippen molar-refractivity contribution in [1.29, 1.82) is 0 Å². The van der Waals surface area contributed by atoms with Gasteiger partial charge in [0.2, 0.25) is 0 Å². The van der Waals surface area contributed by atoms with Crippen LogP contribution in [-0.2, 0) is 0 Å². The van der Waals surface area contributed by atoms with Gasteiger partial charge in [-0.05, 0) is 37.8 Å². The first-order valence-electron chi connectivity index (χ1n) is 8.03. The van der Waals surface area contributed by atoms with Crippen LogP contribution in [0.3, 0.4) is 0 Å². The number of hydrogen-bond acceptors (Lipinski definition) is 3. The van der Waals surface area contributed by atoms with Crippen LogP contribution in [0.25, 0.3) is 10.9 Å². The molecule has 2 aliphatic heterocycles. The molecule has 2 saturated heterocycles. The molecule has 0 N–H and O–H groups in total. The van der Waals surface area contributed by atoms with Gasteiger partial charge in [0.1, 0.15) is 5.82 Å². The Balaban J connectivity index is 1.92. The summed E-state index contributed by atoms with van der Waals surface area (Å²) < 4.78 is 0. The van der Waals surface area contributed by atoms with E-state index in [9.17, 15) is 0 Å². The monoisotopic (exact) mass is 335 g/mol. The summed E-state index contributed by atoms with van der Waals surface area (Å²) in [4.78, 5) is 9.64. The van der Waals surface area contributed by atoms with E-state index in [1.165, 1.54) is 31.4 Å². The van der Waals surface area contributed by atoms with E-state index in [4.69, 9.17) is 28.2 Å². The Morgan fingerprint density at radius 2 is 1.50 bits per heavy atom. The number of aromatic nitrogens is 1. The molecule has 4 rings (SSSR count). The van der Waals surface area contributed by atoms with Crippen LogP contribution in [0.2, 0.25) is 10.0 Å². The van der Waals surface area contributed by atoms with E-state index in [1.807, 2.05) is 6.07 Å². The highest BCUT2D eigenvalue weighted by Gasteiger charge is 2.21. The third kappa shape index (κ3) is 2.40. The van der Waals surface area contributed by atoms with Crippen LogP contribution in [0, 0.1) is 0 Å². The second kappa shape index (κ2) is 5.78. The largest absolute Gasteiger partial charge is 0.371 e. The first-order valence-corrected chi connectivity index (χ1v) is 8.78. The van der Waals surface area contributed by atoms with Gasteiger partial charge in [-0.3, -0.25) is 0 Å². The quantitative estimate of drug-likeness (QED) is 0.789. The van der Waals surface area contributed by atoms with Crippen molar-refractivity contribution in [3.63, 3.8) is 0 Å². The minimum Gasteiger partial charge on any atom is -0.371 e. The Hall–Kier alpha value is -1.19. The third-order valence-corrected chi connectivity index (χ3v) is 5.51. The number of halogens is 2. The summed E-state index contributed by atoms with van der Waals surface area (Å²) in [5.74, 6) is 1.04. The lowest BCUT2D eigenvalue weighted by molar-refractivity contribution is 0.933. The molecular formula is C17H19Cl2N3. The number of fused-ring (bicyclic) bond motifs is 1. The lowest BCUT2D eigenvalue weighted by atomic mass is 10.1. The molecule has 1 aromatic heterocycles. The molecule has 0 bridgehead atoms. The van der Waals surface area contributed by atoms with Crippen LogP contribution in [0.4, 0.5) is 11.5 Å². The first kappa shape index (κ1) is 14.4. The van der Waals surface area contributed by atoms with Gasteiger partial charge in [0.15, 0.2) is 0 Å². The number of rotatable bonds is 2. The standard InChI is InChI=1S/C17H19Cl2N3/c18-13-6-5-12-14(21-7-1-2-8-21)11-15(20-17(12)16(13)19)22-9-3-4-10-22/h5-6,11H,1-4,7-10H2. The normalized spacial score (nSPS) is 18.6. The summed E-state index contributed by atoms with van der Waals surface area (Å²) in [7, 11) is 0.